The third-order valence-corrected chi connectivity index (χ3v) is 4.13. The highest BCUT2D eigenvalue weighted by Crippen LogP contribution is 2.36. The Morgan fingerprint density at radius 1 is 1.29 bits per heavy atom. The monoisotopic (exact) mass is 330 g/mol. The lowest BCUT2D eigenvalue weighted by Gasteiger charge is -2.11. The number of nitrogens with one attached hydrogen (secondary N) is 2. The Kier molecular flexibility index (Phi) is 3.08. The van der Waals surface area contributed by atoms with Gasteiger partial charge in [-0.25, -0.2) is 4.79 Å². The minimum absolute atomic E-state index is 0.00663. The van der Waals surface area contributed by atoms with Gasteiger partial charge in [0.05, 0.1) is 11.8 Å². The van der Waals surface area contributed by atoms with Crippen molar-refractivity contribution in [3.8, 4) is 17.4 Å². The third kappa shape index (κ3) is 2.13. The number of hydrogen-bond donors (Lipinski definition) is 3. The molecule has 0 bridgehead atoms. The molecule has 24 heavy (non-hydrogen) atoms. The van der Waals surface area contributed by atoms with Gasteiger partial charge in [0.25, 0.3) is 5.56 Å². The molecule has 0 unspecified atom stereocenters. The maximum atomic E-state index is 12.0. The molecule has 1 aromatic carbocycles. The second-order valence-corrected chi connectivity index (χ2v) is 5.57. The number of fused-ring (bicyclic) bond motifs is 1. The van der Waals surface area contributed by atoms with E-state index >= 15 is 0 Å². The van der Waals surface area contributed by atoms with Crippen LogP contribution < -0.4 is 26.1 Å². The van der Waals surface area contributed by atoms with E-state index in [1.165, 1.54) is 7.05 Å². The lowest BCUT2D eigenvalue weighted by atomic mass is 9.99. The van der Waals surface area contributed by atoms with Crippen LogP contribution in [-0.4, -0.2) is 27.2 Å². The first-order valence-corrected chi connectivity index (χ1v) is 7.29. The second-order valence-electron chi connectivity index (χ2n) is 5.57. The predicted octanol–water partition coefficient (Wildman–Crippen LogP) is -0.0534. The molecule has 0 fully saturated rings. The van der Waals surface area contributed by atoms with Crippen LogP contribution in [0.1, 0.15) is 23.6 Å². The molecule has 0 spiro atoms. The van der Waals surface area contributed by atoms with Gasteiger partial charge in [-0.05, 0) is 17.7 Å². The molecule has 4 rings (SSSR count). The van der Waals surface area contributed by atoms with Crippen molar-refractivity contribution in [1.82, 2.24) is 15.0 Å². The molecule has 0 aliphatic carbocycles. The van der Waals surface area contributed by atoms with Crippen LogP contribution in [0, 0.1) is 0 Å². The van der Waals surface area contributed by atoms with E-state index in [0.29, 0.717) is 23.6 Å². The van der Waals surface area contributed by atoms with Crippen molar-refractivity contribution in [2.75, 3.05) is 6.79 Å². The van der Waals surface area contributed by atoms with Crippen LogP contribution in [-0.2, 0) is 7.05 Å². The van der Waals surface area contributed by atoms with Crippen molar-refractivity contribution in [2.45, 2.75) is 12.5 Å². The molecular weight excluding hydrogens is 316 g/mol. The van der Waals surface area contributed by atoms with Gasteiger partial charge in [0, 0.05) is 13.5 Å². The van der Waals surface area contributed by atoms with Crippen LogP contribution in [0.3, 0.4) is 0 Å². The number of nitrogens with zero attached hydrogens (tertiary/aromatic N) is 2. The van der Waals surface area contributed by atoms with Crippen LogP contribution >= 0.6 is 0 Å². The molecule has 3 heterocycles. The fourth-order valence-corrected chi connectivity index (χ4v) is 2.79. The Labute approximate surface area is 135 Å². The summed E-state index contributed by atoms with van der Waals surface area (Å²) in [5, 5.41) is 14.3. The standard InChI is InChI=1S/C15H14N4O5/c1-19-14(21)12(13(20)16-15(19)22)9-5-8(17-18-9)7-2-3-10-11(4-7)24-6-23-10/h2-4,8,17,21H,5-6H2,1H3,(H,16,20,22)/t8-/m0/s1. The smallest absolute Gasteiger partial charge is 0.330 e. The fourth-order valence-electron chi connectivity index (χ4n) is 2.79. The summed E-state index contributed by atoms with van der Waals surface area (Å²) in [6.45, 7) is 0.194. The van der Waals surface area contributed by atoms with E-state index in [-0.39, 0.29) is 18.4 Å². The van der Waals surface area contributed by atoms with Gasteiger partial charge in [-0.15, -0.1) is 0 Å². The minimum atomic E-state index is -0.680. The molecule has 0 radical (unpaired) electrons. The maximum Gasteiger partial charge on any atom is 0.330 e. The molecule has 3 N–H and O–H groups in total. The zero-order valence-corrected chi connectivity index (χ0v) is 12.7. The number of H-pyrrole nitrogens is 1. The highest BCUT2D eigenvalue weighted by molar-refractivity contribution is 6.03. The maximum absolute atomic E-state index is 12.0. The van der Waals surface area contributed by atoms with Gasteiger partial charge in [-0.1, -0.05) is 6.07 Å². The minimum Gasteiger partial charge on any atom is -0.494 e. The molecule has 124 valence electrons. The molecule has 2 aliphatic heterocycles. The van der Waals surface area contributed by atoms with Crippen molar-refractivity contribution in [2.24, 2.45) is 12.1 Å². The summed E-state index contributed by atoms with van der Waals surface area (Å²) >= 11 is 0. The summed E-state index contributed by atoms with van der Waals surface area (Å²) in [6, 6.07) is 5.37. The zero-order chi connectivity index (χ0) is 16.8. The van der Waals surface area contributed by atoms with Crippen molar-refractivity contribution in [1.29, 1.82) is 0 Å². The summed E-state index contributed by atoms with van der Waals surface area (Å²) in [6.07, 6.45) is 0.383. The Morgan fingerprint density at radius 2 is 2.08 bits per heavy atom. The van der Waals surface area contributed by atoms with Gasteiger partial charge in [-0.3, -0.25) is 14.3 Å². The summed E-state index contributed by atoms with van der Waals surface area (Å²) in [7, 11) is 1.37. The molecular formula is C15H14N4O5. The first-order chi connectivity index (χ1) is 11.5. The number of benzene rings is 1. The quantitative estimate of drug-likeness (QED) is 0.710. The Morgan fingerprint density at radius 3 is 2.92 bits per heavy atom. The van der Waals surface area contributed by atoms with Gasteiger partial charge in [0.2, 0.25) is 12.7 Å². The molecule has 1 aromatic heterocycles. The topological polar surface area (TPSA) is 118 Å². The molecule has 2 aromatic rings. The van der Waals surface area contributed by atoms with E-state index in [1.54, 1.807) is 0 Å². The molecule has 9 heteroatoms. The van der Waals surface area contributed by atoms with Crippen LogP contribution in [0.15, 0.2) is 32.9 Å². The van der Waals surface area contributed by atoms with Crippen LogP contribution in [0.4, 0.5) is 0 Å². The van der Waals surface area contributed by atoms with Crippen LogP contribution in [0.2, 0.25) is 0 Å². The van der Waals surface area contributed by atoms with Crippen molar-refractivity contribution >= 4 is 5.71 Å². The van der Waals surface area contributed by atoms with E-state index in [1.807, 2.05) is 18.2 Å². The zero-order valence-electron chi connectivity index (χ0n) is 12.7. The number of aromatic amines is 1. The summed E-state index contributed by atoms with van der Waals surface area (Å²) in [5.74, 6) is 0.936. The number of hydrogen-bond acceptors (Lipinski definition) is 7. The molecule has 2 aliphatic rings. The Bertz CT molecular complexity index is 975. The van der Waals surface area contributed by atoms with Crippen LogP contribution in [0.5, 0.6) is 17.4 Å². The Hall–Kier alpha value is -3.23. The van der Waals surface area contributed by atoms with Crippen LogP contribution in [0.25, 0.3) is 0 Å². The summed E-state index contributed by atoms with van der Waals surface area (Å²) in [5.41, 5.74) is 2.89. The molecule has 1 atom stereocenters. The number of aromatic nitrogens is 2. The predicted molar refractivity (Wildman–Crippen MR) is 83.6 cm³/mol. The molecule has 0 saturated heterocycles. The number of hydrazone groups is 1. The second kappa shape index (κ2) is 5.15. The summed E-state index contributed by atoms with van der Waals surface area (Å²) < 4.78 is 11.6. The van der Waals surface area contributed by atoms with Crippen molar-refractivity contribution < 1.29 is 14.6 Å². The van der Waals surface area contributed by atoms with Gasteiger partial charge in [0.1, 0.15) is 5.56 Å². The number of rotatable bonds is 2. The first kappa shape index (κ1) is 14.4. The van der Waals surface area contributed by atoms with E-state index in [0.717, 1.165) is 10.1 Å². The highest BCUT2D eigenvalue weighted by Gasteiger charge is 2.27. The molecule has 9 nitrogen and oxygen atoms in total. The lowest BCUT2D eigenvalue weighted by Crippen LogP contribution is -2.32. The Balaban J connectivity index is 1.65. The van der Waals surface area contributed by atoms with Gasteiger partial charge < -0.3 is 20.0 Å². The average Bonchev–Trinajstić information content (AvgIpc) is 3.21. The van der Waals surface area contributed by atoms with Crippen molar-refractivity contribution in [3.63, 3.8) is 0 Å². The van der Waals surface area contributed by atoms with E-state index in [2.05, 4.69) is 15.5 Å². The summed E-state index contributed by atoms with van der Waals surface area (Å²) in [4.78, 5) is 25.7. The largest absolute Gasteiger partial charge is 0.494 e. The van der Waals surface area contributed by atoms with Gasteiger partial charge >= 0.3 is 5.69 Å². The number of aromatic hydroxyl groups is 1. The van der Waals surface area contributed by atoms with Gasteiger partial charge in [0.15, 0.2) is 11.5 Å². The molecule has 0 saturated carbocycles. The number of ether oxygens (including phenoxy) is 2. The SMILES string of the molecule is Cn1c(O)c(C2=NN[C@H](c3ccc4c(c3)OCO4)C2)c(=O)[nH]c1=O. The highest BCUT2D eigenvalue weighted by atomic mass is 16.7. The average molecular weight is 330 g/mol. The van der Waals surface area contributed by atoms with Crippen molar-refractivity contribution in [3.05, 3.63) is 50.2 Å². The fraction of sp³-hybridized carbons (Fsp3) is 0.267. The van der Waals surface area contributed by atoms with E-state index < -0.39 is 17.1 Å². The van der Waals surface area contributed by atoms with E-state index in [4.69, 9.17) is 9.47 Å². The molecule has 0 amide bonds. The third-order valence-electron chi connectivity index (χ3n) is 4.13. The van der Waals surface area contributed by atoms with E-state index in [9.17, 15) is 14.7 Å². The van der Waals surface area contributed by atoms with Gasteiger partial charge in [-0.2, -0.15) is 5.10 Å². The first-order valence-electron chi connectivity index (χ1n) is 7.29. The normalized spacial score (nSPS) is 18.4. The lowest BCUT2D eigenvalue weighted by molar-refractivity contribution is 0.174.